The lowest BCUT2D eigenvalue weighted by atomic mass is 10.1. The van der Waals surface area contributed by atoms with Crippen LogP contribution in [0.1, 0.15) is 28.8 Å². The molecule has 0 bridgehead atoms. The molecule has 1 fully saturated rings. The van der Waals surface area contributed by atoms with Gasteiger partial charge in [-0.15, -0.1) is 0 Å². The first-order valence-corrected chi connectivity index (χ1v) is 6.32. The third kappa shape index (κ3) is 3.72. The Bertz CT molecular complexity index is 416. The van der Waals surface area contributed by atoms with Crippen molar-refractivity contribution in [1.82, 2.24) is 10.6 Å². The largest absolute Gasteiger partial charge is 0.351 e. The van der Waals surface area contributed by atoms with Gasteiger partial charge in [0.25, 0.3) is 5.91 Å². The molecule has 1 amide bonds. The summed E-state index contributed by atoms with van der Waals surface area (Å²) < 4.78 is 0. The van der Waals surface area contributed by atoms with Crippen LogP contribution in [0.3, 0.4) is 0 Å². The molecule has 1 aliphatic carbocycles. The Labute approximate surface area is 107 Å². The van der Waals surface area contributed by atoms with E-state index in [1.807, 2.05) is 13.0 Å². The Balaban J connectivity index is 1.81. The normalized spacial score (nSPS) is 14.7. The molecule has 4 heteroatoms. The van der Waals surface area contributed by atoms with Gasteiger partial charge in [0.1, 0.15) is 0 Å². The fourth-order valence-corrected chi connectivity index (χ4v) is 1.96. The van der Waals surface area contributed by atoms with Crippen molar-refractivity contribution in [2.24, 2.45) is 0 Å². The Kier molecular flexibility index (Phi) is 4.02. The van der Waals surface area contributed by atoms with Gasteiger partial charge in [-0.05, 0) is 37.5 Å². The Morgan fingerprint density at radius 2 is 2.18 bits per heavy atom. The lowest BCUT2D eigenvalue weighted by molar-refractivity contribution is 0.0954. The Morgan fingerprint density at radius 3 is 2.82 bits per heavy atom. The standard InChI is InChI=1S/C13H17ClN2O/c1-9-2-5-11(12(14)8-9)13(17)16-7-6-15-10-3-4-10/h2,5,8,10,15H,3-4,6-7H2,1H3,(H,16,17). The van der Waals surface area contributed by atoms with E-state index >= 15 is 0 Å². The highest BCUT2D eigenvalue weighted by molar-refractivity contribution is 6.33. The van der Waals surface area contributed by atoms with Gasteiger partial charge in [-0.25, -0.2) is 0 Å². The molecular formula is C13H17ClN2O. The van der Waals surface area contributed by atoms with Crippen molar-refractivity contribution in [3.05, 3.63) is 34.3 Å². The van der Waals surface area contributed by atoms with Crippen molar-refractivity contribution in [3.8, 4) is 0 Å². The molecule has 0 radical (unpaired) electrons. The first kappa shape index (κ1) is 12.4. The molecule has 2 N–H and O–H groups in total. The average molecular weight is 253 g/mol. The van der Waals surface area contributed by atoms with E-state index < -0.39 is 0 Å². The molecule has 0 atom stereocenters. The number of nitrogens with one attached hydrogen (secondary N) is 2. The molecular weight excluding hydrogens is 236 g/mol. The highest BCUT2D eigenvalue weighted by atomic mass is 35.5. The number of amides is 1. The number of benzene rings is 1. The zero-order valence-electron chi connectivity index (χ0n) is 9.92. The molecule has 0 unspecified atom stereocenters. The lowest BCUT2D eigenvalue weighted by Crippen LogP contribution is -2.32. The monoisotopic (exact) mass is 252 g/mol. The van der Waals surface area contributed by atoms with E-state index in [-0.39, 0.29) is 5.91 Å². The van der Waals surface area contributed by atoms with E-state index in [9.17, 15) is 4.79 Å². The van der Waals surface area contributed by atoms with Crippen molar-refractivity contribution in [2.75, 3.05) is 13.1 Å². The number of hydrogen-bond donors (Lipinski definition) is 2. The third-order valence-electron chi connectivity index (χ3n) is 2.79. The van der Waals surface area contributed by atoms with Crippen LogP contribution in [-0.2, 0) is 0 Å². The second kappa shape index (κ2) is 5.52. The van der Waals surface area contributed by atoms with Crippen LogP contribution in [0.2, 0.25) is 5.02 Å². The maximum absolute atomic E-state index is 11.8. The van der Waals surface area contributed by atoms with Gasteiger partial charge < -0.3 is 10.6 Å². The smallest absolute Gasteiger partial charge is 0.252 e. The number of rotatable bonds is 5. The molecule has 3 nitrogen and oxygen atoms in total. The van der Waals surface area contributed by atoms with Crippen molar-refractivity contribution in [1.29, 1.82) is 0 Å². The van der Waals surface area contributed by atoms with E-state index in [4.69, 9.17) is 11.6 Å². The average Bonchev–Trinajstić information content (AvgIpc) is 3.08. The minimum absolute atomic E-state index is 0.104. The third-order valence-corrected chi connectivity index (χ3v) is 3.10. The van der Waals surface area contributed by atoms with Crippen LogP contribution in [0, 0.1) is 6.92 Å². The fraction of sp³-hybridized carbons (Fsp3) is 0.462. The molecule has 17 heavy (non-hydrogen) atoms. The lowest BCUT2D eigenvalue weighted by Gasteiger charge is -2.07. The summed E-state index contributed by atoms with van der Waals surface area (Å²) in [7, 11) is 0. The number of hydrogen-bond acceptors (Lipinski definition) is 2. The van der Waals surface area contributed by atoms with Crippen LogP contribution in [0.15, 0.2) is 18.2 Å². The number of halogens is 1. The summed E-state index contributed by atoms with van der Waals surface area (Å²) in [6, 6.07) is 6.14. The van der Waals surface area contributed by atoms with Crippen LogP contribution in [0.5, 0.6) is 0 Å². The van der Waals surface area contributed by atoms with Gasteiger partial charge in [-0.2, -0.15) is 0 Å². The van der Waals surface area contributed by atoms with Crippen LogP contribution < -0.4 is 10.6 Å². The second-order valence-electron chi connectivity index (χ2n) is 4.47. The zero-order chi connectivity index (χ0) is 12.3. The first-order valence-electron chi connectivity index (χ1n) is 5.94. The summed E-state index contributed by atoms with van der Waals surface area (Å²) in [6.45, 7) is 3.41. The molecule has 92 valence electrons. The van der Waals surface area contributed by atoms with Gasteiger partial charge in [-0.1, -0.05) is 17.7 Å². The van der Waals surface area contributed by atoms with Crippen LogP contribution >= 0.6 is 11.6 Å². The molecule has 1 aliphatic rings. The van der Waals surface area contributed by atoms with E-state index in [0.29, 0.717) is 23.2 Å². The van der Waals surface area contributed by atoms with Crippen LogP contribution in [0.4, 0.5) is 0 Å². The maximum atomic E-state index is 11.8. The zero-order valence-corrected chi connectivity index (χ0v) is 10.7. The summed E-state index contributed by atoms with van der Waals surface area (Å²) in [5.41, 5.74) is 1.60. The van der Waals surface area contributed by atoms with E-state index in [1.165, 1.54) is 12.8 Å². The molecule has 1 saturated carbocycles. The van der Waals surface area contributed by atoms with Gasteiger partial charge in [0.15, 0.2) is 0 Å². The predicted molar refractivity (Wildman–Crippen MR) is 69.5 cm³/mol. The van der Waals surface area contributed by atoms with Crippen molar-refractivity contribution < 1.29 is 4.79 Å². The second-order valence-corrected chi connectivity index (χ2v) is 4.87. The minimum atomic E-state index is -0.104. The summed E-state index contributed by atoms with van der Waals surface area (Å²) >= 11 is 6.02. The number of carbonyl (C=O) groups is 1. The summed E-state index contributed by atoms with van der Waals surface area (Å²) in [4.78, 5) is 11.8. The van der Waals surface area contributed by atoms with E-state index in [1.54, 1.807) is 12.1 Å². The van der Waals surface area contributed by atoms with Gasteiger partial charge in [0, 0.05) is 19.1 Å². The van der Waals surface area contributed by atoms with Crippen LogP contribution in [-0.4, -0.2) is 25.0 Å². The molecule has 0 spiro atoms. The van der Waals surface area contributed by atoms with Gasteiger partial charge >= 0.3 is 0 Å². The minimum Gasteiger partial charge on any atom is -0.351 e. The van der Waals surface area contributed by atoms with Crippen molar-refractivity contribution in [2.45, 2.75) is 25.8 Å². The number of carbonyl (C=O) groups excluding carboxylic acids is 1. The summed E-state index contributed by atoms with van der Waals surface area (Å²) in [5, 5.41) is 6.71. The Hall–Kier alpha value is -1.06. The molecule has 0 aliphatic heterocycles. The van der Waals surface area contributed by atoms with Crippen LogP contribution in [0.25, 0.3) is 0 Å². The highest BCUT2D eigenvalue weighted by Crippen LogP contribution is 2.18. The molecule has 0 heterocycles. The molecule has 1 aromatic rings. The van der Waals surface area contributed by atoms with Gasteiger partial charge in [-0.3, -0.25) is 4.79 Å². The van der Waals surface area contributed by atoms with Gasteiger partial charge in [0.2, 0.25) is 0 Å². The highest BCUT2D eigenvalue weighted by Gasteiger charge is 2.19. The van der Waals surface area contributed by atoms with Gasteiger partial charge in [0.05, 0.1) is 10.6 Å². The quantitative estimate of drug-likeness (QED) is 0.789. The fourth-order valence-electron chi connectivity index (χ4n) is 1.64. The Morgan fingerprint density at radius 1 is 1.41 bits per heavy atom. The maximum Gasteiger partial charge on any atom is 0.252 e. The summed E-state index contributed by atoms with van der Waals surface area (Å²) in [5.74, 6) is -0.104. The molecule has 0 aromatic heterocycles. The van der Waals surface area contributed by atoms with E-state index in [2.05, 4.69) is 10.6 Å². The molecule has 1 aromatic carbocycles. The topological polar surface area (TPSA) is 41.1 Å². The molecule has 2 rings (SSSR count). The SMILES string of the molecule is Cc1ccc(C(=O)NCCNC2CC2)c(Cl)c1. The molecule has 0 saturated heterocycles. The van der Waals surface area contributed by atoms with Crippen molar-refractivity contribution >= 4 is 17.5 Å². The van der Waals surface area contributed by atoms with Crippen molar-refractivity contribution in [3.63, 3.8) is 0 Å². The first-order chi connectivity index (χ1) is 8.16. The summed E-state index contributed by atoms with van der Waals surface area (Å²) in [6.07, 6.45) is 2.52. The predicted octanol–water partition coefficient (Wildman–Crippen LogP) is 2.13. The number of aryl methyl sites for hydroxylation is 1. The van der Waals surface area contributed by atoms with E-state index in [0.717, 1.165) is 12.1 Å².